The number of hydrogen-bond acceptors (Lipinski definition) is 7. The minimum absolute atomic E-state index is 0.0445. The highest BCUT2D eigenvalue weighted by Crippen LogP contribution is 2.36. The largest absolute Gasteiger partial charge is 0.497 e. The molecule has 170 valence electrons. The molecule has 3 aromatic rings. The van der Waals surface area contributed by atoms with Crippen LogP contribution >= 0.6 is 15.9 Å². The third-order valence-corrected chi connectivity index (χ3v) is 5.66. The van der Waals surface area contributed by atoms with Crippen LogP contribution in [-0.4, -0.2) is 39.4 Å². The normalized spacial score (nSPS) is 13.7. The zero-order valence-electron chi connectivity index (χ0n) is 17.5. The number of rotatable bonds is 8. The van der Waals surface area contributed by atoms with Gasteiger partial charge in [-0.1, -0.05) is 0 Å². The van der Waals surface area contributed by atoms with E-state index in [4.69, 9.17) is 9.47 Å². The van der Waals surface area contributed by atoms with Crippen LogP contribution in [0.3, 0.4) is 0 Å². The van der Waals surface area contributed by atoms with Gasteiger partial charge in [-0.2, -0.15) is 0 Å². The lowest BCUT2D eigenvalue weighted by Gasteiger charge is -2.17. The molecule has 0 radical (unpaired) electrons. The van der Waals surface area contributed by atoms with Gasteiger partial charge in [0.25, 0.3) is 5.91 Å². The summed E-state index contributed by atoms with van der Waals surface area (Å²) >= 11 is 3.37. The lowest BCUT2D eigenvalue weighted by atomic mass is 10.2. The Morgan fingerprint density at radius 1 is 1.15 bits per heavy atom. The van der Waals surface area contributed by atoms with E-state index < -0.39 is 23.2 Å². The van der Waals surface area contributed by atoms with Crippen LogP contribution < -0.4 is 20.1 Å². The quantitative estimate of drug-likeness (QED) is 0.473. The zero-order valence-corrected chi connectivity index (χ0v) is 19.1. The molecule has 2 amide bonds. The summed E-state index contributed by atoms with van der Waals surface area (Å²) in [6, 6.07) is 6.31. The van der Waals surface area contributed by atoms with Gasteiger partial charge < -0.3 is 20.1 Å². The number of hydrogen-bond donors (Lipinski definition) is 2. The van der Waals surface area contributed by atoms with E-state index in [0.29, 0.717) is 28.8 Å². The van der Waals surface area contributed by atoms with E-state index in [1.54, 1.807) is 25.3 Å². The number of carbonyl (C=O) groups excluding carboxylic acids is 2. The Labute approximate surface area is 196 Å². The van der Waals surface area contributed by atoms with E-state index in [2.05, 4.69) is 41.5 Å². The van der Waals surface area contributed by atoms with Crippen LogP contribution in [-0.2, 0) is 11.3 Å². The van der Waals surface area contributed by atoms with E-state index in [1.807, 2.05) is 0 Å². The molecule has 1 saturated carbocycles. The molecule has 0 bridgehead atoms. The first-order valence-electron chi connectivity index (χ1n) is 9.92. The zero-order chi connectivity index (χ0) is 23.4. The second kappa shape index (κ2) is 9.49. The minimum Gasteiger partial charge on any atom is -0.497 e. The van der Waals surface area contributed by atoms with Gasteiger partial charge in [0, 0.05) is 18.5 Å². The Morgan fingerprint density at radius 2 is 1.91 bits per heavy atom. The van der Waals surface area contributed by atoms with Gasteiger partial charge in [0.15, 0.2) is 0 Å². The van der Waals surface area contributed by atoms with Gasteiger partial charge in [0.2, 0.25) is 5.91 Å². The molecule has 2 N–H and O–H groups in total. The van der Waals surface area contributed by atoms with Crippen molar-refractivity contribution < 1.29 is 23.5 Å². The van der Waals surface area contributed by atoms with Gasteiger partial charge in [0.1, 0.15) is 34.9 Å². The predicted octanol–water partition coefficient (Wildman–Crippen LogP) is 3.15. The molecular weight excluding hydrogens is 497 g/mol. The summed E-state index contributed by atoms with van der Waals surface area (Å²) < 4.78 is 26.0. The molecule has 4 rings (SSSR count). The Balaban J connectivity index is 1.36. The molecule has 1 aromatic carbocycles. The Morgan fingerprint density at radius 3 is 2.55 bits per heavy atom. The van der Waals surface area contributed by atoms with Gasteiger partial charge in [-0.15, -0.1) is 0 Å². The molecule has 1 aliphatic carbocycles. The van der Waals surface area contributed by atoms with Gasteiger partial charge >= 0.3 is 0 Å². The summed E-state index contributed by atoms with van der Waals surface area (Å²) in [7, 11) is 1.55. The van der Waals surface area contributed by atoms with Crippen molar-refractivity contribution in [3.05, 3.63) is 70.7 Å². The van der Waals surface area contributed by atoms with Crippen molar-refractivity contribution in [1.29, 1.82) is 0 Å². The average molecular weight is 516 g/mol. The molecule has 0 unspecified atom stereocenters. The highest BCUT2D eigenvalue weighted by molar-refractivity contribution is 9.10. The van der Waals surface area contributed by atoms with Crippen LogP contribution in [0.15, 0.2) is 53.7 Å². The lowest BCUT2D eigenvalue weighted by Crippen LogP contribution is -2.48. The smallest absolute Gasteiger partial charge is 0.255 e. The summed E-state index contributed by atoms with van der Waals surface area (Å²) in [5.41, 5.74) is -0.723. The van der Waals surface area contributed by atoms with E-state index in [0.717, 1.165) is 0 Å². The highest BCUT2D eigenvalue weighted by atomic mass is 79.9. The van der Waals surface area contributed by atoms with Crippen LogP contribution in [0.25, 0.3) is 0 Å². The molecule has 11 heteroatoms. The molecule has 33 heavy (non-hydrogen) atoms. The minimum atomic E-state index is -1.02. The first kappa shape index (κ1) is 22.6. The van der Waals surface area contributed by atoms with Crippen LogP contribution in [0.4, 0.5) is 4.39 Å². The fourth-order valence-corrected chi connectivity index (χ4v) is 3.46. The lowest BCUT2D eigenvalue weighted by molar-refractivity contribution is -0.124. The van der Waals surface area contributed by atoms with E-state index in [9.17, 15) is 14.0 Å². The van der Waals surface area contributed by atoms with Gasteiger partial charge in [-0.25, -0.2) is 14.4 Å². The average Bonchev–Trinajstić information content (AvgIpc) is 3.61. The molecule has 2 aromatic heterocycles. The fraction of sp³-hybridized carbons (Fsp3) is 0.227. The van der Waals surface area contributed by atoms with Crippen molar-refractivity contribution in [2.75, 3.05) is 7.11 Å². The topological polar surface area (TPSA) is 115 Å². The number of amides is 2. The molecule has 9 nitrogen and oxygen atoms in total. The Hall–Kier alpha value is -3.60. The van der Waals surface area contributed by atoms with Crippen LogP contribution in [0.2, 0.25) is 0 Å². The molecular formula is C22H19BrFN5O4. The van der Waals surface area contributed by atoms with E-state index in [1.165, 1.54) is 31.0 Å². The van der Waals surface area contributed by atoms with Crippen molar-refractivity contribution in [2.45, 2.75) is 24.9 Å². The number of pyridine rings is 1. The van der Waals surface area contributed by atoms with E-state index >= 15 is 0 Å². The molecule has 0 spiro atoms. The third kappa shape index (κ3) is 5.25. The summed E-state index contributed by atoms with van der Waals surface area (Å²) in [5, 5.41) is 5.35. The summed E-state index contributed by atoms with van der Waals surface area (Å²) in [6.07, 6.45) is 6.37. The van der Waals surface area contributed by atoms with Crippen molar-refractivity contribution >= 4 is 27.7 Å². The Kier molecular flexibility index (Phi) is 6.50. The number of halogens is 2. The number of aromatic nitrogens is 3. The first-order valence-corrected chi connectivity index (χ1v) is 10.7. The number of ether oxygens (including phenoxy) is 2. The standard InChI is InChI=1S/C22H19BrFN5O4/c1-32-14-2-3-19(16(23)6-14)33-15-7-17(24)18(27-10-15)11-28-21(31)22(4-5-22)29-20(30)13-8-25-12-26-9-13/h2-3,6-10,12H,4-5,11H2,1H3,(H,28,31)(H,29,30). The molecule has 1 aliphatic rings. The monoisotopic (exact) mass is 515 g/mol. The summed E-state index contributed by atoms with van der Waals surface area (Å²) in [6.45, 7) is -0.136. The maximum Gasteiger partial charge on any atom is 0.255 e. The fourth-order valence-electron chi connectivity index (χ4n) is 3.03. The number of methoxy groups -OCH3 is 1. The Bertz CT molecular complexity index is 1190. The van der Waals surface area contributed by atoms with Gasteiger partial charge in [0.05, 0.1) is 35.6 Å². The maximum atomic E-state index is 14.6. The van der Waals surface area contributed by atoms with E-state index in [-0.39, 0.29) is 23.6 Å². The summed E-state index contributed by atoms with van der Waals surface area (Å²) in [4.78, 5) is 36.6. The predicted molar refractivity (Wildman–Crippen MR) is 118 cm³/mol. The number of benzene rings is 1. The third-order valence-electron chi connectivity index (χ3n) is 5.04. The van der Waals surface area contributed by atoms with Crippen molar-refractivity contribution in [2.24, 2.45) is 0 Å². The SMILES string of the molecule is COc1ccc(Oc2cnc(CNC(=O)C3(NC(=O)c4cncnc4)CC3)c(F)c2)c(Br)c1. The van der Waals surface area contributed by atoms with Gasteiger partial charge in [-0.05, 0) is 47.0 Å². The summed E-state index contributed by atoms with van der Waals surface area (Å²) in [5.74, 6) is -0.174. The molecule has 0 atom stereocenters. The van der Waals surface area contributed by atoms with Crippen LogP contribution in [0.5, 0.6) is 17.2 Å². The molecule has 0 aliphatic heterocycles. The number of carbonyl (C=O) groups is 2. The van der Waals surface area contributed by atoms with Crippen molar-refractivity contribution in [1.82, 2.24) is 25.6 Å². The van der Waals surface area contributed by atoms with Crippen molar-refractivity contribution in [3.8, 4) is 17.2 Å². The molecule has 1 fully saturated rings. The molecule has 0 saturated heterocycles. The maximum absolute atomic E-state index is 14.6. The van der Waals surface area contributed by atoms with Crippen LogP contribution in [0, 0.1) is 5.82 Å². The van der Waals surface area contributed by atoms with Crippen molar-refractivity contribution in [3.63, 3.8) is 0 Å². The van der Waals surface area contributed by atoms with Crippen LogP contribution in [0.1, 0.15) is 28.9 Å². The molecule has 2 heterocycles. The number of nitrogens with zero attached hydrogens (tertiary/aromatic N) is 3. The number of nitrogens with one attached hydrogen (secondary N) is 2. The second-order valence-corrected chi connectivity index (χ2v) is 8.20. The first-order chi connectivity index (χ1) is 15.9. The second-order valence-electron chi connectivity index (χ2n) is 7.34. The highest BCUT2D eigenvalue weighted by Gasteiger charge is 2.51. The van der Waals surface area contributed by atoms with Gasteiger partial charge in [-0.3, -0.25) is 14.6 Å².